The van der Waals surface area contributed by atoms with Crippen molar-refractivity contribution in [3.63, 3.8) is 0 Å². The predicted octanol–water partition coefficient (Wildman–Crippen LogP) is 1.93. The molecule has 0 fully saturated rings. The van der Waals surface area contributed by atoms with Crippen molar-refractivity contribution in [3.05, 3.63) is 0 Å². The van der Waals surface area contributed by atoms with Crippen LogP contribution in [0.2, 0.25) is 0 Å². The van der Waals surface area contributed by atoms with Crippen LogP contribution in [0.1, 0.15) is 20.8 Å². The van der Waals surface area contributed by atoms with E-state index in [1.165, 1.54) is 0 Å². The SMILES string of the molecule is CC(C)(C)C=POS(=O)(=O)F. The largest absolute Gasteiger partial charge is 0.445 e. The Morgan fingerprint density at radius 3 is 2.18 bits per heavy atom. The van der Waals surface area contributed by atoms with Crippen molar-refractivity contribution in [2.24, 2.45) is 5.41 Å². The molecule has 0 rings (SSSR count). The number of halogens is 1. The fourth-order valence-corrected chi connectivity index (χ4v) is 1.13. The molecule has 0 aliphatic carbocycles. The lowest BCUT2D eigenvalue weighted by Crippen LogP contribution is -2.04. The Labute approximate surface area is 67.9 Å². The minimum absolute atomic E-state index is 0.0131. The standard InChI is InChI=1S/C5H10FO3PS/c1-5(2,3)4-10-9-11(6,7)8/h4H,1-3H3. The van der Waals surface area contributed by atoms with Gasteiger partial charge >= 0.3 is 10.5 Å². The third-order valence-corrected chi connectivity index (χ3v) is 2.51. The molecule has 0 saturated carbocycles. The van der Waals surface area contributed by atoms with Gasteiger partial charge in [-0.05, 0) is 11.2 Å². The summed E-state index contributed by atoms with van der Waals surface area (Å²) in [5.41, 5.74) is -0.174. The fourth-order valence-electron chi connectivity index (χ4n) is 0.231. The second-order valence-corrected chi connectivity index (χ2v) is 4.92. The van der Waals surface area contributed by atoms with Crippen LogP contribution in [0, 0.1) is 5.41 Å². The van der Waals surface area contributed by atoms with E-state index >= 15 is 0 Å². The van der Waals surface area contributed by atoms with Gasteiger partial charge in [-0.1, -0.05) is 24.7 Å². The first-order chi connectivity index (χ1) is 4.71. The Hall–Kier alpha value is 0.01000. The van der Waals surface area contributed by atoms with Crippen LogP contribution in [-0.4, -0.2) is 14.2 Å². The van der Waals surface area contributed by atoms with Gasteiger partial charge in [0, 0.05) is 0 Å². The molecule has 0 aromatic carbocycles. The van der Waals surface area contributed by atoms with Crippen molar-refractivity contribution in [3.8, 4) is 0 Å². The lowest BCUT2D eigenvalue weighted by molar-refractivity contribution is 0.466. The Bertz CT molecular complexity index is 239. The second kappa shape index (κ2) is 3.61. The Morgan fingerprint density at radius 1 is 1.45 bits per heavy atom. The average molecular weight is 200 g/mol. The summed E-state index contributed by atoms with van der Waals surface area (Å²) in [5, 5.41) is 0. The fraction of sp³-hybridized carbons (Fsp3) is 0.800. The summed E-state index contributed by atoms with van der Waals surface area (Å²) in [7, 11) is -4.78. The smallest absolute Gasteiger partial charge is 0.187 e. The summed E-state index contributed by atoms with van der Waals surface area (Å²) in [6.45, 7) is 5.57. The minimum atomic E-state index is -4.79. The number of rotatable bonds is 2. The first-order valence-electron chi connectivity index (χ1n) is 2.88. The van der Waals surface area contributed by atoms with E-state index in [4.69, 9.17) is 0 Å². The summed E-state index contributed by atoms with van der Waals surface area (Å²) in [4.78, 5) is 0. The highest BCUT2D eigenvalue weighted by atomic mass is 32.3. The van der Waals surface area contributed by atoms with Gasteiger partial charge in [0.15, 0.2) is 0 Å². The van der Waals surface area contributed by atoms with Gasteiger partial charge in [0.2, 0.25) is 0 Å². The maximum absolute atomic E-state index is 11.7. The molecule has 0 saturated heterocycles. The highest BCUT2D eigenvalue weighted by molar-refractivity contribution is 7.84. The maximum atomic E-state index is 11.7. The summed E-state index contributed by atoms with van der Waals surface area (Å²) >= 11 is 0. The first kappa shape index (κ1) is 11.0. The lowest BCUT2D eigenvalue weighted by Gasteiger charge is -2.08. The molecule has 0 aromatic heterocycles. The van der Waals surface area contributed by atoms with E-state index in [2.05, 4.69) is 3.97 Å². The van der Waals surface area contributed by atoms with Crippen LogP contribution in [0.3, 0.4) is 0 Å². The molecule has 11 heavy (non-hydrogen) atoms. The molecule has 0 radical (unpaired) electrons. The second-order valence-electron chi connectivity index (χ2n) is 3.07. The molecular formula is C5H10FO3PS. The molecule has 0 atom stereocenters. The summed E-state index contributed by atoms with van der Waals surface area (Å²) in [6.07, 6.45) is 0. The van der Waals surface area contributed by atoms with Crippen molar-refractivity contribution >= 4 is 24.7 Å². The zero-order valence-corrected chi connectivity index (χ0v) is 8.25. The van der Waals surface area contributed by atoms with Crippen molar-refractivity contribution in [2.75, 3.05) is 0 Å². The Kier molecular flexibility index (Phi) is 3.61. The molecule has 0 unspecified atom stereocenters. The molecule has 0 aliphatic rings. The van der Waals surface area contributed by atoms with Crippen molar-refractivity contribution in [2.45, 2.75) is 20.8 Å². The molecular weight excluding hydrogens is 190 g/mol. The summed E-state index contributed by atoms with van der Waals surface area (Å²) in [5.74, 6) is 1.55. The van der Waals surface area contributed by atoms with E-state index in [0.717, 1.165) is 0 Å². The van der Waals surface area contributed by atoms with Gasteiger partial charge in [0.1, 0.15) is 0 Å². The van der Waals surface area contributed by atoms with Crippen LogP contribution in [0.15, 0.2) is 0 Å². The van der Waals surface area contributed by atoms with Crippen LogP contribution in [0.25, 0.3) is 0 Å². The zero-order chi connectivity index (χ0) is 9.12. The Balaban J connectivity index is 4.00. The highest BCUT2D eigenvalue weighted by Crippen LogP contribution is 2.16. The summed E-state index contributed by atoms with van der Waals surface area (Å²) < 4.78 is 35.1. The summed E-state index contributed by atoms with van der Waals surface area (Å²) in [6, 6.07) is 0. The molecule has 3 nitrogen and oxygen atoms in total. The molecule has 0 N–H and O–H groups in total. The third-order valence-electron chi connectivity index (χ3n) is 0.572. The van der Waals surface area contributed by atoms with Gasteiger partial charge in [-0.25, -0.2) is 0 Å². The molecule has 0 heterocycles. The maximum Gasteiger partial charge on any atom is 0.445 e. The molecule has 0 amide bonds. The topological polar surface area (TPSA) is 43.4 Å². The van der Waals surface area contributed by atoms with Gasteiger partial charge in [-0.2, -0.15) is 12.4 Å². The van der Waals surface area contributed by atoms with Crippen LogP contribution >= 0.6 is 8.43 Å². The monoisotopic (exact) mass is 200 g/mol. The van der Waals surface area contributed by atoms with E-state index in [9.17, 15) is 12.3 Å². The molecule has 0 aliphatic heterocycles. The molecule has 0 bridgehead atoms. The first-order valence-corrected chi connectivity index (χ1v) is 5.07. The van der Waals surface area contributed by atoms with Crippen LogP contribution in [-0.2, 0) is 14.5 Å². The quantitative estimate of drug-likeness (QED) is 0.505. The third kappa shape index (κ3) is 10.0. The van der Waals surface area contributed by atoms with Crippen LogP contribution in [0.4, 0.5) is 3.89 Å². The van der Waals surface area contributed by atoms with Crippen LogP contribution < -0.4 is 0 Å². The van der Waals surface area contributed by atoms with Crippen molar-refractivity contribution in [1.29, 1.82) is 0 Å². The van der Waals surface area contributed by atoms with E-state index in [1.54, 1.807) is 5.80 Å². The normalized spacial score (nSPS) is 14.2. The van der Waals surface area contributed by atoms with E-state index < -0.39 is 10.5 Å². The number of hydrogen-bond donors (Lipinski definition) is 0. The van der Waals surface area contributed by atoms with E-state index in [0.29, 0.717) is 0 Å². The number of hydrogen-bond acceptors (Lipinski definition) is 3. The molecule has 66 valence electrons. The van der Waals surface area contributed by atoms with Gasteiger partial charge in [0.05, 0.1) is 8.43 Å². The van der Waals surface area contributed by atoms with Crippen molar-refractivity contribution < 1.29 is 16.3 Å². The zero-order valence-electron chi connectivity index (χ0n) is 6.54. The molecule has 0 aromatic rings. The molecule has 6 heteroatoms. The van der Waals surface area contributed by atoms with E-state index in [-0.39, 0.29) is 13.8 Å². The van der Waals surface area contributed by atoms with Gasteiger partial charge in [-0.3, -0.25) is 0 Å². The van der Waals surface area contributed by atoms with Gasteiger partial charge < -0.3 is 0 Å². The van der Waals surface area contributed by atoms with Crippen molar-refractivity contribution in [1.82, 2.24) is 0 Å². The predicted molar refractivity (Wildman–Crippen MR) is 43.6 cm³/mol. The molecule has 0 spiro atoms. The minimum Gasteiger partial charge on any atom is -0.187 e. The average Bonchev–Trinajstić information content (AvgIpc) is 1.55. The Morgan fingerprint density at radius 2 is 1.91 bits per heavy atom. The van der Waals surface area contributed by atoms with Crippen LogP contribution in [0.5, 0.6) is 0 Å². The van der Waals surface area contributed by atoms with Gasteiger partial charge in [-0.15, -0.1) is 0 Å². The van der Waals surface area contributed by atoms with E-state index in [1.807, 2.05) is 20.8 Å². The van der Waals surface area contributed by atoms with Gasteiger partial charge in [0.25, 0.3) is 0 Å². The highest BCUT2D eigenvalue weighted by Gasteiger charge is 2.08. The lowest BCUT2D eigenvalue weighted by atomic mass is 10.0.